The van der Waals surface area contributed by atoms with Gasteiger partial charge in [-0.2, -0.15) is 0 Å². The van der Waals surface area contributed by atoms with Gasteiger partial charge >= 0.3 is 0 Å². The van der Waals surface area contributed by atoms with Crippen molar-refractivity contribution < 1.29 is 9.59 Å². The summed E-state index contributed by atoms with van der Waals surface area (Å²) in [4.78, 5) is 27.3. The van der Waals surface area contributed by atoms with Crippen LogP contribution in [0.4, 0.5) is 0 Å². The van der Waals surface area contributed by atoms with Crippen LogP contribution >= 0.6 is 11.8 Å². The first-order valence-electron chi connectivity index (χ1n) is 6.85. The van der Waals surface area contributed by atoms with E-state index < -0.39 is 0 Å². The van der Waals surface area contributed by atoms with Crippen LogP contribution in [0.3, 0.4) is 0 Å². The smallest absolute Gasteiger partial charge is 0.255 e. The lowest BCUT2D eigenvalue weighted by atomic mass is 10.0. The van der Waals surface area contributed by atoms with E-state index in [1.807, 2.05) is 23.1 Å². The highest BCUT2D eigenvalue weighted by Gasteiger charge is 2.26. The van der Waals surface area contributed by atoms with Crippen LogP contribution in [0.2, 0.25) is 0 Å². The molecule has 0 aromatic heterocycles. The van der Waals surface area contributed by atoms with Crippen LogP contribution in [0.5, 0.6) is 0 Å². The molecule has 1 aromatic rings. The summed E-state index contributed by atoms with van der Waals surface area (Å²) in [6, 6.07) is 5.54. The molecule has 3 rings (SSSR count). The first kappa shape index (κ1) is 12.7. The quantitative estimate of drug-likeness (QED) is 0.790. The number of rotatable bonds is 1. The summed E-state index contributed by atoms with van der Waals surface area (Å²) in [7, 11) is 0. The number of nitrogens with zero attached hydrogens (tertiary/aromatic N) is 1. The summed E-state index contributed by atoms with van der Waals surface area (Å²) in [5, 5.41) is 0. The summed E-state index contributed by atoms with van der Waals surface area (Å²) in [5.74, 6) is 1.05. The molecule has 2 aliphatic rings. The third kappa shape index (κ3) is 2.41. The standard InChI is InChI=1S/C15H17NO2S/c17-13-7-10-19-14-11(13)5-4-6-12(14)15(18)16-8-2-1-3-9-16/h4-6H,1-3,7-10H2. The molecule has 19 heavy (non-hydrogen) atoms. The van der Waals surface area contributed by atoms with Crippen molar-refractivity contribution in [3.63, 3.8) is 0 Å². The number of piperidine rings is 1. The molecular formula is C15H17NO2S. The van der Waals surface area contributed by atoms with Gasteiger partial charge in [0.15, 0.2) is 5.78 Å². The zero-order valence-electron chi connectivity index (χ0n) is 10.9. The predicted molar refractivity (Wildman–Crippen MR) is 75.9 cm³/mol. The number of amides is 1. The van der Waals surface area contributed by atoms with Crippen molar-refractivity contribution in [1.82, 2.24) is 4.90 Å². The van der Waals surface area contributed by atoms with Crippen LogP contribution in [0.1, 0.15) is 46.4 Å². The van der Waals surface area contributed by atoms with E-state index in [1.54, 1.807) is 11.8 Å². The van der Waals surface area contributed by atoms with Crippen molar-refractivity contribution in [2.24, 2.45) is 0 Å². The van der Waals surface area contributed by atoms with Gasteiger partial charge in [0.25, 0.3) is 5.91 Å². The van der Waals surface area contributed by atoms with E-state index in [9.17, 15) is 9.59 Å². The Morgan fingerprint density at radius 1 is 1.16 bits per heavy atom. The Morgan fingerprint density at radius 3 is 2.74 bits per heavy atom. The first-order valence-corrected chi connectivity index (χ1v) is 7.84. The van der Waals surface area contributed by atoms with E-state index in [0.717, 1.165) is 47.7 Å². The fraction of sp³-hybridized carbons (Fsp3) is 0.467. The number of carbonyl (C=O) groups excluding carboxylic acids is 2. The summed E-state index contributed by atoms with van der Waals surface area (Å²) in [6.07, 6.45) is 3.97. The second-order valence-corrected chi connectivity index (χ2v) is 6.16. The molecular weight excluding hydrogens is 258 g/mol. The molecule has 3 nitrogen and oxygen atoms in total. The van der Waals surface area contributed by atoms with Crippen LogP contribution in [0.15, 0.2) is 23.1 Å². The van der Waals surface area contributed by atoms with Crippen molar-refractivity contribution in [3.05, 3.63) is 29.3 Å². The lowest BCUT2D eigenvalue weighted by Gasteiger charge is -2.28. The van der Waals surface area contributed by atoms with Gasteiger partial charge in [0.05, 0.1) is 5.56 Å². The van der Waals surface area contributed by atoms with E-state index in [1.165, 1.54) is 6.42 Å². The highest BCUT2D eigenvalue weighted by atomic mass is 32.2. The van der Waals surface area contributed by atoms with Gasteiger partial charge in [-0.25, -0.2) is 0 Å². The zero-order valence-corrected chi connectivity index (χ0v) is 11.7. The highest BCUT2D eigenvalue weighted by molar-refractivity contribution is 7.99. The number of thioether (sulfide) groups is 1. The van der Waals surface area contributed by atoms with Crippen LogP contribution in [-0.4, -0.2) is 35.4 Å². The average molecular weight is 275 g/mol. The molecule has 4 heteroatoms. The van der Waals surface area contributed by atoms with Crippen LogP contribution < -0.4 is 0 Å². The van der Waals surface area contributed by atoms with Crippen LogP contribution in [0.25, 0.3) is 0 Å². The van der Waals surface area contributed by atoms with Gasteiger partial charge in [-0.05, 0) is 25.3 Å². The maximum atomic E-state index is 12.6. The Morgan fingerprint density at radius 2 is 1.95 bits per heavy atom. The van der Waals surface area contributed by atoms with E-state index in [2.05, 4.69) is 0 Å². The Balaban J connectivity index is 1.94. The summed E-state index contributed by atoms with van der Waals surface area (Å²) < 4.78 is 0. The largest absolute Gasteiger partial charge is 0.339 e. The Hall–Kier alpha value is -1.29. The second kappa shape index (κ2) is 5.37. The molecule has 0 saturated carbocycles. The van der Waals surface area contributed by atoms with Gasteiger partial charge in [0.2, 0.25) is 0 Å². The van der Waals surface area contributed by atoms with E-state index in [0.29, 0.717) is 6.42 Å². The van der Waals surface area contributed by atoms with E-state index in [4.69, 9.17) is 0 Å². The monoisotopic (exact) mass is 275 g/mol. The number of ketones is 1. The van der Waals surface area contributed by atoms with Crippen LogP contribution in [-0.2, 0) is 0 Å². The molecule has 0 aliphatic carbocycles. The highest BCUT2D eigenvalue weighted by Crippen LogP contribution is 2.33. The van der Waals surface area contributed by atoms with Gasteiger partial charge in [0, 0.05) is 35.7 Å². The number of hydrogen-bond donors (Lipinski definition) is 0. The number of Topliss-reactive ketones (excluding diaryl/α,β-unsaturated/α-hetero) is 1. The van der Waals surface area contributed by atoms with Crippen molar-refractivity contribution in [3.8, 4) is 0 Å². The van der Waals surface area contributed by atoms with Gasteiger partial charge in [0.1, 0.15) is 0 Å². The fourth-order valence-corrected chi connectivity index (χ4v) is 3.87. The van der Waals surface area contributed by atoms with Crippen molar-refractivity contribution in [1.29, 1.82) is 0 Å². The molecule has 0 N–H and O–H groups in total. The minimum absolute atomic E-state index is 0.0961. The van der Waals surface area contributed by atoms with Crippen LogP contribution in [0, 0.1) is 0 Å². The molecule has 1 aromatic carbocycles. The topological polar surface area (TPSA) is 37.4 Å². The molecule has 100 valence electrons. The number of hydrogen-bond acceptors (Lipinski definition) is 3. The van der Waals surface area contributed by atoms with Gasteiger partial charge < -0.3 is 4.90 Å². The minimum atomic E-state index is 0.0961. The summed E-state index contributed by atoms with van der Waals surface area (Å²) >= 11 is 1.64. The molecule has 2 heterocycles. The number of carbonyl (C=O) groups is 2. The molecule has 0 spiro atoms. The van der Waals surface area contributed by atoms with Crippen molar-refractivity contribution in [2.75, 3.05) is 18.8 Å². The molecule has 1 amide bonds. The van der Waals surface area contributed by atoms with E-state index >= 15 is 0 Å². The second-order valence-electron chi connectivity index (χ2n) is 5.06. The zero-order chi connectivity index (χ0) is 13.2. The molecule has 2 aliphatic heterocycles. The molecule has 1 fully saturated rings. The molecule has 0 radical (unpaired) electrons. The minimum Gasteiger partial charge on any atom is -0.339 e. The Labute approximate surface area is 117 Å². The number of fused-ring (bicyclic) bond motifs is 1. The third-order valence-electron chi connectivity index (χ3n) is 3.76. The predicted octanol–water partition coefficient (Wildman–Crippen LogP) is 2.99. The number of benzene rings is 1. The SMILES string of the molecule is O=C1CCSc2c1cccc2C(=O)N1CCCCC1. The average Bonchev–Trinajstić information content (AvgIpc) is 2.47. The molecule has 1 saturated heterocycles. The maximum absolute atomic E-state index is 12.6. The van der Waals surface area contributed by atoms with Gasteiger partial charge in [-0.3, -0.25) is 9.59 Å². The first-order chi connectivity index (χ1) is 9.27. The lowest BCUT2D eigenvalue weighted by molar-refractivity contribution is 0.0720. The van der Waals surface area contributed by atoms with E-state index in [-0.39, 0.29) is 11.7 Å². The Kier molecular flexibility index (Phi) is 3.60. The van der Waals surface area contributed by atoms with Gasteiger partial charge in [-0.15, -0.1) is 11.8 Å². The molecule has 0 bridgehead atoms. The normalized spacial score (nSPS) is 19.2. The third-order valence-corrected chi connectivity index (χ3v) is 4.90. The summed E-state index contributed by atoms with van der Waals surface area (Å²) in [5.41, 5.74) is 1.46. The number of likely N-dealkylation sites (tertiary alicyclic amines) is 1. The van der Waals surface area contributed by atoms with Crippen molar-refractivity contribution >= 4 is 23.5 Å². The summed E-state index contributed by atoms with van der Waals surface area (Å²) in [6.45, 7) is 1.70. The molecule has 0 atom stereocenters. The van der Waals surface area contributed by atoms with Gasteiger partial charge in [-0.1, -0.05) is 12.1 Å². The lowest BCUT2D eigenvalue weighted by Crippen LogP contribution is -2.36. The molecule has 0 unspecified atom stereocenters. The maximum Gasteiger partial charge on any atom is 0.255 e. The van der Waals surface area contributed by atoms with Crippen molar-refractivity contribution in [2.45, 2.75) is 30.6 Å². The Bertz CT molecular complexity index is 521. The fourth-order valence-electron chi connectivity index (χ4n) is 2.73.